The van der Waals surface area contributed by atoms with Crippen LogP contribution >= 0.6 is 0 Å². The number of imide groups is 1. The molecular weight excluding hydrogens is 363 g/mol. The molecule has 2 amide bonds. The SMILES string of the molecule is COc1ccc(S(=O)(=O)Nc2ccccc2F)cc1N1C(=O)CCC1=O. The number of para-hydroxylation sites is 1. The van der Waals surface area contributed by atoms with E-state index in [0.717, 1.165) is 17.0 Å². The third-order valence-electron chi connectivity index (χ3n) is 3.87. The second kappa shape index (κ2) is 6.75. The number of ether oxygens (including phenoxy) is 1. The fourth-order valence-corrected chi connectivity index (χ4v) is 3.69. The zero-order chi connectivity index (χ0) is 18.9. The Balaban J connectivity index is 2.03. The molecule has 1 fully saturated rings. The van der Waals surface area contributed by atoms with Crippen molar-refractivity contribution in [1.29, 1.82) is 0 Å². The average Bonchev–Trinajstić information content (AvgIpc) is 2.94. The van der Waals surface area contributed by atoms with Gasteiger partial charge < -0.3 is 4.74 Å². The molecular formula is C17H15FN2O5S. The maximum Gasteiger partial charge on any atom is 0.262 e. The van der Waals surface area contributed by atoms with E-state index in [1.54, 1.807) is 0 Å². The molecule has 0 bridgehead atoms. The Morgan fingerprint density at radius 1 is 1.08 bits per heavy atom. The molecule has 0 atom stereocenters. The third-order valence-corrected chi connectivity index (χ3v) is 5.23. The highest BCUT2D eigenvalue weighted by Gasteiger charge is 2.33. The molecule has 26 heavy (non-hydrogen) atoms. The molecule has 0 spiro atoms. The fraction of sp³-hybridized carbons (Fsp3) is 0.176. The zero-order valence-electron chi connectivity index (χ0n) is 13.7. The molecule has 0 aromatic heterocycles. The number of halogens is 1. The Hall–Kier alpha value is -2.94. The van der Waals surface area contributed by atoms with Crippen molar-refractivity contribution in [2.45, 2.75) is 17.7 Å². The summed E-state index contributed by atoms with van der Waals surface area (Å²) in [6.45, 7) is 0. The number of nitrogens with zero attached hydrogens (tertiary/aromatic N) is 1. The molecule has 1 heterocycles. The monoisotopic (exact) mass is 378 g/mol. The second-order valence-electron chi connectivity index (χ2n) is 5.54. The second-order valence-corrected chi connectivity index (χ2v) is 7.22. The van der Waals surface area contributed by atoms with E-state index in [1.807, 2.05) is 0 Å². The minimum absolute atomic E-state index is 0.0383. The van der Waals surface area contributed by atoms with Gasteiger partial charge in [-0.3, -0.25) is 14.3 Å². The van der Waals surface area contributed by atoms with Gasteiger partial charge in [-0.05, 0) is 30.3 Å². The standard InChI is InChI=1S/C17H15FN2O5S/c1-25-15-7-6-11(10-14(15)20-16(21)8-9-17(20)22)26(23,24)19-13-5-3-2-4-12(13)18/h2-7,10,19H,8-9H2,1H3. The van der Waals surface area contributed by atoms with Gasteiger partial charge in [0.15, 0.2) is 0 Å². The summed E-state index contributed by atoms with van der Waals surface area (Å²) in [5.41, 5.74) is -0.172. The number of carbonyl (C=O) groups excluding carboxylic acids is 2. The summed E-state index contributed by atoms with van der Waals surface area (Å²) in [6, 6.07) is 9.07. The van der Waals surface area contributed by atoms with Crippen LogP contribution in [0.5, 0.6) is 5.75 Å². The van der Waals surface area contributed by atoms with Gasteiger partial charge in [-0.15, -0.1) is 0 Å². The summed E-state index contributed by atoms with van der Waals surface area (Å²) in [4.78, 5) is 24.6. The summed E-state index contributed by atoms with van der Waals surface area (Å²) in [6.07, 6.45) is 0.0961. The van der Waals surface area contributed by atoms with Crippen LogP contribution in [0, 0.1) is 5.82 Å². The van der Waals surface area contributed by atoms with Crippen molar-refractivity contribution in [3.8, 4) is 5.75 Å². The molecule has 1 aliphatic heterocycles. The van der Waals surface area contributed by atoms with E-state index < -0.39 is 27.7 Å². The fourth-order valence-electron chi connectivity index (χ4n) is 2.60. The van der Waals surface area contributed by atoms with Crippen molar-refractivity contribution in [2.24, 2.45) is 0 Å². The lowest BCUT2D eigenvalue weighted by molar-refractivity contribution is -0.121. The first-order chi connectivity index (χ1) is 12.3. The summed E-state index contributed by atoms with van der Waals surface area (Å²) in [7, 11) is -2.80. The van der Waals surface area contributed by atoms with Gasteiger partial charge >= 0.3 is 0 Å². The first-order valence-corrected chi connectivity index (χ1v) is 9.13. The van der Waals surface area contributed by atoms with E-state index in [2.05, 4.69) is 4.72 Å². The first kappa shape index (κ1) is 17.9. The summed E-state index contributed by atoms with van der Waals surface area (Å²) < 4.78 is 46.2. The van der Waals surface area contributed by atoms with E-state index >= 15 is 0 Å². The van der Waals surface area contributed by atoms with E-state index in [-0.39, 0.29) is 34.9 Å². The number of methoxy groups -OCH3 is 1. The Bertz CT molecular complexity index is 974. The Labute approximate surface area is 149 Å². The smallest absolute Gasteiger partial charge is 0.262 e. The maximum atomic E-state index is 13.7. The molecule has 136 valence electrons. The summed E-state index contributed by atoms with van der Waals surface area (Å²) in [5.74, 6) is -1.43. The molecule has 9 heteroatoms. The van der Waals surface area contributed by atoms with Gasteiger partial charge in [0.05, 0.1) is 23.4 Å². The van der Waals surface area contributed by atoms with Crippen LogP contribution in [-0.2, 0) is 19.6 Å². The number of amides is 2. The topological polar surface area (TPSA) is 92.8 Å². The van der Waals surface area contributed by atoms with Gasteiger partial charge in [0.25, 0.3) is 10.0 Å². The molecule has 1 aliphatic rings. The van der Waals surface area contributed by atoms with Crippen molar-refractivity contribution >= 4 is 33.2 Å². The molecule has 0 saturated carbocycles. The Kier molecular flexibility index (Phi) is 4.64. The van der Waals surface area contributed by atoms with Crippen LogP contribution in [0.3, 0.4) is 0 Å². The molecule has 0 aliphatic carbocycles. The number of benzene rings is 2. The predicted octanol–water partition coefficient (Wildman–Crippen LogP) is 2.29. The molecule has 0 radical (unpaired) electrons. The van der Waals surface area contributed by atoms with Crippen LogP contribution in [0.4, 0.5) is 15.8 Å². The van der Waals surface area contributed by atoms with Crippen LogP contribution < -0.4 is 14.4 Å². The average molecular weight is 378 g/mol. The number of hydrogen-bond acceptors (Lipinski definition) is 5. The predicted molar refractivity (Wildman–Crippen MR) is 91.9 cm³/mol. The van der Waals surface area contributed by atoms with Crippen LogP contribution in [-0.4, -0.2) is 27.3 Å². The van der Waals surface area contributed by atoms with Crippen molar-refractivity contribution in [3.05, 3.63) is 48.3 Å². The number of rotatable bonds is 5. The molecule has 7 nitrogen and oxygen atoms in total. The van der Waals surface area contributed by atoms with E-state index in [4.69, 9.17) is 4.74 Å². The van der Waals surface area contributed by atoms with E-state index in [0.29, 0.717) is 0 Å². The lowest BCUT2D eigenvalue weighted by Crippen LogP contribution is -2.29. The summed E-state index contributed by atoms with van der Waals surface area (Å²) in [5, 5.41) is 0. The van der Waals surface area contributed by atoms with Crippen LogP contribution in [0.25, 0.3) is 0 Å². The molecule has 1 saturated heterocycles. The highest BCUT2D eigenvalue weighted by atomic mass is 32.2. The van der Waals surface area contributed by atoms with Crippen molar-refractivity contribution in [2.75, 3.05) is 16.7 Å². The maximum absolute atomic E-state index is 13.7. The van der Waals surface area contributed by atoms with Gasteiger partial charge in [-0.1, -0.05) is 12.1 Å². The van der Waals surface area contributed by atoms with Crippen molar-refractivity contribution < 1.29 is 27.1 Å². The highest BCUT2D eigenvalue weighted by molar-refractivity contribution is 7.92. The Morgan fingerprint density at radius 3 is 2.35 bits per heavy atom. The van der Waals surface area contributed by atoms with E-state index in [9.17, 15) is 22.4 Å². The lowest BCUT2D eigenvalue weighted by atomic mass is 10.2. The van der Waals surface area contributed by atoms with Gasteiger partial charge in [0, 0.05) is 12.8 Å². The Morgan fingerprint density at radius 2 is 1.73 bits per heavy atom. The van der Waals surface area contributed by atoms with Crippen molar-refractivity contribution in [3.63, 3.8) is 0 Å². The normalized spacial score (nSPS) is 14.6. The zero-order valence-corrected chi connectivity index (χ0v) is 14.5. The van der Waals surface area contributed by atoms with Gasteiger partial charge in [0.1, 0.15) is 11.6 Å². The number of carbonyl (C=O) groups is 2. The molecule has 1 N–H and O–H groups in total. The van der Waals surface area contributed by atoms with Crippen LogP contribution in [0.2, 0.25) is 0 Å². The molecule has 0 unspecified atom stereocenters. The largest absolute Gasteiger partial charge is 0.495 e. The number of nitrogens with one attached hydrogen (secondary N) is 1. The molecule has 2 aromatic rings. The minimum atomic E-state index is -4.14. The summed E-state index contributed by atoms with van der Waals surface area (Å²) >= 11 is 0. The van der Waals surface area contributed by atoms with Crippen LogP contribution in [0.15, 0.2) is 47.4 Å². The molecule has 3 rings (SSSR count). The third kappa shape index (κ3) is 3.25. The van der Waals surface area contributed by atoms with Gasteiger partial charge in [-0.2, -0.15) is 0 Å². The first-order valence-electron chi connectivity index (χ1n) is 7.64. The van der Waals surface area contributed by atoms with E-state index in [1.165, 1.54) is 37.4 Å². The highest BCUT2D eigenvalue weighted by Crippen LogP contribution is 2.34. The van der Waals surface area contributed by atoms with Gasteiger partial charge in [0.2, 0.25) is 11.8 Å². The lowest BCUT2D eigenvalue weighted by Gasteiger charge is -2.18. The van der Waals surface area contributed by atoms with Crippen LogP contribution in [0.1, 0.15) is 12.8 Å². The molecule has 2 aromatic carbocycles. The number of anilines is 2. The number of sulfonamides is 1. The van der Waals surface area contributed by atoms with Crippen molar-refractivity contribution in [1.82, 2.24) is 0 Å². The number of hydrogen-bond donors (Lipinski definition) is 1. The van der Waals surface area contributed by atoms with Gasteiger partial charge in [-0.25, -0.2) is 17.7 Å². The minimum Gasteiger partial charge on any atom is -0.495 e. The quantitative estimate of drug-likeness (QED) is 0.806.